The molecule has 3 rings (SSSR count). The first-order valence-corrected chi connectivity index (χ1v) is 8.56. The fourth-order valence-corrected chi connectivity index (χ4v) is 3.74. The van der Waals surface area contributed by atoms with Gasteiger partial charge in [-0.3, -0.25) is 9.69 Å². The molecule has 0 N–H and O–H groups in total. The number of aliphatic imine (C=N–C) groups is 1. The molecule has 5 nitrogen and oxygen atoms in total. The Bertz CT molecular complexity index is 727. The number of thioether (sulfide) groups is 1. The number of allylic oxidation sites excluding steroid dienone is 1. The van der Waals surface area contributed by atoms with Crippen molar-refractivity contribution < 1.29 is 14.3 Å². The van der Waals surface area contributed by atoms with Crippen LogP contribution in [0.1, 0.15) is 25.5 Å². The molecule has 1 aromatic carbocycles. The molecule has 2 heterocycles. The van der Waals surface area contributed by atoms with Gasteiger partial charge >= 0.3 is 5.97 Å². The number of amidine groups is 1. The molecule has 1 amide bonds. The summed E-state index contributed by atoms with van der Waals surface area (Å²) < 4.78 is 5.17. The molecule has 2 aliphatic heterocycles. The third-order valence-corrected chi connectivity index (χ3v) is 4.85. The maximum absolute atomic E-state index is 12.4. The number of halogens is 1. The number of nitrogens with zero attached hydrogens (tertiary/aromatic N) is 2. The highest BCUT2D eigenvalue weighted by Crippen LogP contribution is 2.41. The Labute approximate surface area is 143 Å². The second kappa shape index (κ2) is 6.37. The highest BCUT2D eigenvalue weighted by molar-refractivity contribution is 8.15. The van der Waals surface area contributed by atoms with E-state index in [4.69, 9.17) is 16.3 Å². The Balaban J connectivity index is 2.13. The minimum absolute atomic E-state index is 0.0667. The number of hydrogen-bond donors (Lipinski definition) is 0. The minimum Gasteiger partial charge on any atom is -0.463 e. The zero-order valence-corrected chi connectivity index (χ0v) is 14.3. The highest BCUT2D eigenvalue weighted by Gasteiger charge is 2.43. The van der Waals surface area contributed by atoms with Crippen molar-refractivity contribution in [1.29, 1.82) is 0 Å². The number of esters is 1. The summed E-state index contributed by atoms with van der Waals surface area (Å²) in [6, 6.07) is 6.60. The van der Waals surface area contributed by atoms with E-state index in [-0.39, 0.29) is 12.5 Å². The van der Waals surface area contributed by atoms with Crippen molar-refractivity contribution >= 4 is 40.4 Å². The number of carbonyl (C=O) groups is 2. The van der Waals surface area contributed by atoms with E-state index in [1.165, 1.54) is 11.8 Å². The molecule has 0 unspecified atom stereocenters. The molecule has 7 heteroatoms. The first-order chi connectivity index (χ1) is 11.0. The number of ether oxygens (including phenoxy) is 1. The molecule has 0 radical (unpaired) electrons. The fourth-order valence-electron chi connectivity index (χ4n) is 2.67. The summed E-state index contributed by atoms with van der Waals surface area (Å²) in [4.78, 5) is 30.7. The van der Waals surface area contributed by atoms with Crippen LogP contribution >= 0.6 is 23.4 Å². The molecule has 1 saturated heterocycles. The van der Waals surface area contributed by atoms with Gasteiger partial charge in [-0.2, -0.15) is 0 Å². The fraction of sp³-hybridized carbons (Fsp3) is 0.312. The van der Waals surface area contributed by atoms with E-state index in [1.54, 1.807) is 30.9 Å². The molecule has 0 spiro atoms. The van der Waals surface area contributed by atoms with E-state index in [1.807, 2.05) is 12.1 Å². The summed E-state index contributed by atoms with van der Waals surface area (Å²) in [5.74, 6) is -0.188. The number of fused-ring (bicyclic) bond motifs is 1. The van der Waals surface area contributed by atoms with E-state index < -0.39 is 12.0 Å². The number of amides is 1. The Kier molecular flexibility index (Phi) is 4.46. The Morgan fingerprint density at radius 2 is 2.13 bits per heavy atom. The average molecular weight is 351 g/mol. The predicted octanol–water partition coefficient (Wildman–Crippen LogP) is 3.16. The van der Waals surface area contributed by atoms with Gasteiger partial charge in [0.2, 0.25) is 5.91 Å². The largest absolute Gasteiger partial charge is 0.463 e. The Morgan fingerprint density at radius 3 is 2.78 bits per heavy atom. The summed E-state index contributed by atoms with van der Waals surface area (Å²) in [6.07, 6.45) is 0. The third kappa shape index (κ3) is 2.88. The summed E-state index contributed by atoms with van der Waals surface area (Å²) in [5.41, 5.74) is 1.78. The zero-order valence-electron chi connectivity index (χ0n) is 12.7. The first-order valence-electron chi connectivity index (χ1n) is 7.19. The van der Waals surface area contributed by atoms with E-state index >= 15 is 0 Å². The van der Waals surface area contributed by atoms with Gasteiger partial charge in [0, 0.05) is 5.02 Å². The maximum Gasteiger partial charge on any atom is 0.338 e. The van der Waals surface area contributed by atoms with E-state index in [2.05, 4.69) is 4.99 Å². The topological polar surface area (TPSA) is 59.0 Å². The van der Waals surface area contributed by atoms with Crippen LogP contribution in [0.2, 0.25) is 5.02 Å². The lowest BCUT2D eigenvalue weighted by atomic mass is 9.94. The predicted molar refractivity (Wildman–Crippen MR) is 90.3 cm³/mol. The van der Waals surface area contributed by atoms with Crippen molar-refractivity contribution in [3.63, 3.8) is 0 Å². The van der Waals surface area contributed by atoms with Gasteiger partial charge < -0.3 is 4.74 Å². The number of benzene rings is 1. The summed E-state index contributed by atoms with van der Waals surface area (Å²) >= 11 is 7.34. The number of hydrogen-bond acceptors (Lipinski definition) is 5. The van der Waals surface area contributed by atoms with Gasteiger partial charge in [-0.25, -0.2) is 9.79 Å². The molecule has 1 aromatic rings. The van der Waals surface area contributed by atoms with Crippen molar-refractivity contribution in [3.8, 4) is 0 Å². The van der Waals surface area contributed by atoms with Crippen molar-refractivity contribution in [3.05, 3.63) is 46.1 Å². The van der Waals surface area contributed by atoms with Gasteiger partial charge in [0.1, 0.15) is 0 Å². The summed E-state index contributed by atoms with van der Waals surface area (Å²) in [7, 11) is 0. The van der Waals surface area contributed by atoms with Gasteiger partial charge in [-0.05, 0) is 31.5 Å². The van der Waals surface area contributed by atoms with Crippen LogP contribution in [-0.4, -0.2) is 34.3 Å². The van der Waals surface area contributed by atoms with Crippen molar-refractivity contribution in [1.82, 2.24) is 4.90 Å². The molecule has 0 saturated carbocycles. The molecule has 1 atom stereocenters. The third-order valence-electron chi connectivity index (χ3n) is 3.67. The Hall–Kier alpha value is -1.79. The van der Waals surface area contributed by atoms with Gasteiger partial charge in [-0.1, -0.05) is 35.5 Å². The normalized spacial score (nSPS) is 20.5. The molecular weight excluding hydrogens is 336 g/mol. The van der Waals surface area contributed by atoms with Crippen LogP contribution in [-0.2, 0) is 14.3 Å². The van der Waals surface area contributed by atoms with Crippen LogP contribution in [0.4, 0.5) is 0 Å². The van der Waals surface area contributed by atoms with Crippen LogP contribution in [0.15, 0.2) is 40.5 Å². The average Bonchev–Trinajstić information content (AvgIpc) is 2.88. The zero-order chi connectivity index (χ0) is 16.6. The van der Waals surface area contributed by atoms with Crippen molar-refractivity contribution in [2.75, 3.05) is 12.4 Å². The Morgan fingerprint density at radius 1 is 1.43 bits per heavy atom. The van der Waals surface area contributed by atoms with Gasteiger partial charge in [0.25, 0.3) is 0 Å². The lowest BCUT2D eigenvalue weighted by Gasteiger charge is -2.32. The van der Waals surface area contributed by atoms with Crippen LogP contribution in [0.5, 0.6) is 0 Å². The molecule has 23 heavy (non-hydrogen) atoms. The van der Waals surface area contributed by atoms with Gasteiger partial charge in [0.05, 0.1) is 29.7 Å². The van der Waals surface area contributed by atoms with E-state index in [9.17, 15) is 9.59 Å². The molecule has 0 aromatic heterocycles. The smallest absolute Gasteiger partial charge is 0.338 e. The van der Waals surface area contributed by atoms with E-state index in [0.717, 1.165) is 5.56 Å². The minimum atomic E-state index is -0.527. The summed E-state index contributed by atoms with van der Waals surface area (Å²) in [6.45, 7) is 3.78. The SMILES string of the molecule is CCOC(=O)C1=C(C)N=C2SCC(=O)N2[C@H]1c1ccc(Cl)cc1. The van der Waals surface area contributed by atoms with Crippen molar-refractivity contribution in [2.45, 2.75) is 19.9 Å². The van der Waals surface area contributed by atoms with Crippen molar-refractivity contribution in [2.24, 2.45) is 4.99 Å². The molecule has 1 fully saturated rings. The monoisotopic (exact) mass is 350 g/mol. The quantitative estimate of drug-likeness (QED) is 0.786. The van der Waals surface area contributed by atoms with Crippen LogP contribution in [0.25, 0.3) is 0 Å². The first kappa shape index (κ1) is 16.1. The van der Waals surface area contributed by atoms with Gasteiger partial charge in [0.15, 0.2) is 5.17 Å². The molecule has 0 aliphatic carbocycles. The second-order valence-corrected chi connectivity index (χ2v) is 6.50. The summed E-state index contributed by atoms with van der Waals surface area (Å²) in [5, 5.41) is 1.22. The maximum atomic E-state index is 12.4. The number of rotatable bonds is 3. The lowest BCUT2D eigenvalue weighted by Crippen LogP contribution is -2.39. The molecule has 120 valence electrons. The molecular formula is C16H15ClN2O3S. The van der Waals surface area contributed by atoms with Gasteiger partial charge in [-0.15, -0.1) is 0 Å². The highest BCUT2D eigenvalue weighted by atomic mass is 35.5. The lowest BCUT2D eigenvalue weighted by molar-refractivity contribution is -0.139. The van der Waals surface area contributed by atoms with E-state index in [0.29, 0.717) is 27.2 Å². The van der Waals surface area contributed by atoms with Crippen LogP contribution in [0.3, 0.4) is 0 Å². The van der Waals surface area contributed by atoms with Crippen LogP contribution in [0, 0.1) is 0 Å². The van der Waals surface area contributed by atoms with Crippen LogP contribution < -0.4 is 0 Å². The molecule has 2 aliphatic rings. The molecule has 0 bridgehead atoms. The number of carbonyl (C=O) groups excluding carboxylic acids is 2. The second-order valence-electron chi connectivity index (χ2n) is 5.12. The standard InChI is InChI=1S/C16H15ClN2O3S/c1-3-22-15(21)13-9(2)18-16-19(12(20)8-23-16)14(13)10-4-6-11(17)7-5-10/h4-7,14H,3,8H2,1-2H3/t14-/m0/s1.